The third-order valence-electron chi connectivity index (χ3n) is 7.06. The van der Waals surface area contributed by atoms with Gasteiger partial charge in [-0.3, -0.25) is 4.79 Å². The van der Waals surface area contributed by atoms with E-state index in [4.69, 9.17) is 5.11 Å². The molecule has 206 valence electrons. The monoisotopic (exact) mass is 551 g/mol. The minimum atomic E-state index is -3.88. The lowest BCUT2D eigenvalue weighted by atomic mass is 9.87. The molecule has 0 unspecified atom stereocenters. The molecule has 0 aliphatic heterocycles. The summed E-state index contributed by atoms with van der Waals surface area (Å²) in [6, 6.07) is 14.5. The molecular formula is C30H25F4N3O3. The van der Waals surface area contributed by atoms with Gasteiger partial charge in [0, 0.05) is 17.5 Å². The number of aliphatic carboxylic acids is 1. The zero-order valence-electron chi connectivity index (χ0n) is 21.3. The van der Waals surface area contributed by atoms with Gasteiger partial charge in [-0.15, -0.1) is 0 Å². The van der Waals surface area contributed by atoms with Crippen LogP contribution in [0.4, 0.5) is 17.6 Å². The van der Waals surface area contributed by atoms with Gasteiger partial charge in [-0.2, -0.15) is 8.78 Å². The molecule has 10 heteroatoms. The van der Waals surface area contributed by atoms with Crippen molar-refractivity contribution in [3.05, 3.63) is 94.7 Å². The van der Waals surface area contributed by atoms with Gasteiger partial charge in [0.05, 0.1) is 28.5 Å². The van der Waals surface area contributed by atoms with Gasteiger partial charge in [-0.25, -0.2) is 23.5 Å². The first-order valence-corrected chi connectivity index (χ1v) is 12.9. The summed E-state index contributed by atoms with van der Waals surface area (Å²) >= 11 is 0. The number of hydrogen-bond donors (Lipinski definition) is 2. The predicted octanol–water partition coefficient (Wildman–Crippen LogP) is 6.43. The second-order valence-electron chi connectivity index (χ2n) is 9.85. The fourth-order valence-corrected chi connectivity index (χ4v) is 5.00. The Labute approximate surface area is 227 Å². The number of rotatable bonds is 8. The third kappa shape index (κ3) is 5.80. The fourth-order valence-electron chi connectivity index (χ4n) is 5.00. The van der Waals surface area contributed by atoms with Crippen LogP contribution in [0.3, 0.4) is 0 Å². The first-order chi connectivity index (χ1) is 19.1. The van der Waals surface area contributed by atoms with Crippen molar-refractivity contribution in [1.82, 2.24) is 15.3 Å². The molecule has 6 nitrogen and oxygen atoms in total. The third-order valence-corrected chi connectivity index (χ3v) is 7.06. The first-order valence-electron chi connectivity index (χ1n) is 12.9. The summed E-state index contributed by atoms with van der Waals surface area (Å²) in [6.45, 7) is 0. The number of hydrogen-bond acceptors (Lipinski definition) is 4. The van der Waals surface area contributed by atoms with Gasteiger partial charge in [-0.1, -0.05) is 6.07 Å². The molecule has 1 amide bonds. The van der Waals surface area contributed by atoms with E-state index in [1.54, 1.807) is 24.3 Å². The lowest BCUT2D eigenvalue weighted by molar-refractivity contribution is -0.165. The molecular weight excluding hydrogens is 526 g/mol. The van der Waals surface area contributed by atoms with Gasteiger partial charge in [0.2, 0.25) is 0 Å². The molecule has 1 aliphatic carbocycles. The Morgan fingerprint density at radius 2 is 1.70 bits per heavy atom. The van der Waals surface area contributed by atoms with Gasteiger partial charge in [0.1, 0.15) is 11.6 Å². The highest BCUT2D eigenvalue weighted by atomic mass is 19.3. The van der Waals surface area contributed by atoms with E-state index in [9.17, 15) is 27.2 Å². The van der Waals surface area contributed by atoms with Crippen molar-refractivity contribution < 1.29 is 32.3 Å². The van der Waals surface area contributed by atoms with Crippen LogP contribution >= 0.6 is 0 Å². The highest BCUT2D eigenvalue weighted by Gasteiger charge is 2.38. The number of benzene rings is 3. The predicted molar refractivity (Wildman–Crippen MR) is 140 cm³/mol. The van der Waals surface area contributed by atoms with Crippen molar-refractivity contribution in [1.29, 1.82) is 0 Å². The Kier molecular flexibility index (Phi) is 7.51. The molecule has 3 aromatic carbocycles. The minimum Gasteiger partial charge on any atom is -0.477 e. The number of halogens is 4. The molecule has 2 N–H and O–H groups in total. The number of aromatic nitrogens is 2. The maximum Gasteiger partial charge on any atom is 0.374 e. The summed E-state index contributed by atoms with van der Waals surface area (Å²) in [4.78, 5) is 33.2. The standard InChI is InChI=1S/C30H25F4N3O3/c31-20-9-6-17(7-10-20)27-25(5-2-14-30(33,34)29(39)40)35-26-16-19(8-13-24(26)36-27)28(38)37-23-4-1-3-18-15-21(32)11-12-22(18)23/h6-13,15-16,23H,1-5,14H2,(H,37,38)(H,39,40)/t23-/m1/s1. The van der Waals surface area contributed by atoms with Crippen LogP contribution in [0.25, 0.3) is 22.3 Å². The Morgan fingerprint density at radius 3 is 2.45 bits per heavy atom. The van der Waals surface area contributed by atoms with Crippen molar-refractivity contribution in [2.75, 3.05) is 0 Å². The fraction of sp³-hybridized carbons (Fsp3) is 0.267. The number of alkyl halides is 2. The van der Waals surface area contributed by atoms with Gasteiger partial charge in [-0.05, 0) is 97.8 Å². The molecule has 0 fully saturated rings. The van der Waals surface area contributed by atoms with Crippen molar-refractivity contribution >= 4 is 22.9 Å². The van der Waals surface area contributed by atoms with Crippen LogP contribution in [0.1, 0.15) is 58.9 Å². The van der Waals surface area contributed by atoms with E-state index in [1.165, 1.54) is 36.4 Å². The van der Waals surface area contributed by atoms with Crippen LogP contribution < -0.4 is 5.32 Å². The lowest BCUT2D eigenvalue weighted by Crippen LogP contribution is -2.31. The van der Waals surface area contributed by atoms with Crippen molar-refractivity contribution in [2.45, 2.75) is 50.5 Å². The number of amides is 1. The number of nitrogens with zero attached hydrogens (tertiary/aromatic N) is 2. The second kappa shape index (κ2) is 11.0. The molecule has 1 heterocycles. The molecule has 5 rings (SSSR count). The molecule has 1 atom stereocenters. The van der Waals surface area contributed by atoms with Crippen molar-refractivity contribution in [3.8, 4) is 11.3 Å². The summed E-state index contributed by atoms with van der Waals surface area (Å²) in [5, 5.41) is 11.7. The minimum absolute atomic E-state index is 0.00956. The molecule has 0 saturated heterocycles. The summed E-state index contributed by atoms with van der Waals surface area (Å²) in [5.41, 5.74) is 4.05. The van der Waals surface area contributed by atoms with E-state index in [0.717, 1.165) is 24.0 Å². The van der Waals surface area contributed by atoms with E-state index in [1.807, 2.05) is 0 Å². The zero-order valence-corrected chi connectivity index (χ0v) is 21.3. The number of fused-ring (bicyclic) bond motifs is 2. The molecule has 1 aromatic heterocycles. The summed E-state index contributed by atoms with van der Waals surface area (Å²) < 4.78 is 54.6. The quantitative estimate of drug-likeness (QED) is 0.247. The number of aryl methyl sites for hydroxylation is 2. The number of carbonyl (C=O) groups excluding carboxylic acids is 1. The first kappa shape index (κ1) is 27.2. The van der Waals surface area contributed by atoms with Gasteiger partial charge < -0.3 is 10.4 Å². The van der Waals surface area contributed by atoms with Crippen molar-refractivity contribution in [3.63, 3.8) is 0 Å². The SMILES string of the molecule is O=C(N[C@@H]1CCCc2cc(F)ccc21)c1ccc2nc(-c3ccc(F)cc3)c(CCCC(F)(F)C(=O)O)nc2c1. The lowest BCUT2D eigenvalue weighted by Gasteiger charge is -2.26. The Hall–Kier alpha value is -4.34. The highest BCUT2D eigenvalue weighted by Crippen LogP contribution is 2.31. The smallest absolute Gasteiger partial charge is 0.374 e. The van der Waals surface area contributed by atoms with E-state index < -0.39 is 24.1 Å². The molecule has 4 aromatic rings. The Morgan fingerprint density at radius 1 is 0.950 bits per heavy atom. The van der Waals surface area contributed by atoms with Gasteiger partial charge in [0.15, 0.2) is 0 Å². The van der Waals surface area contributed by atoms with E-state index in [2.05, 4.69) is 15.3 Å². The second-order valence-corrected chi connectivity index (χ2v) is 9.85. The van der Waals surface area contributed by atoms with Crippen LogP contribution in [-0.2, 0) is 17.6 Å². The topological polar surface area (TPSA) is 92.2 Å². The Balaban J connectivity index is 1.44. The van der Waals surface area contributed by atoms with Crippen LogP contribution in [-0.4, -0.2) is 32.9 Å². The maximum atomic E-state index is 13.7. The van der Waals surface area contributed by atoms with Crippen LogP contribution in [0.5, 0.6) is 0 Å². The summed E-state index contributed by atoms with van der Waals surface area (Å²) in [6.07, 6.45) is 1.17. The summed E-state index contributed by atoms with van der Waals surface area (Å²) in [7, 11) is 0. The average molecular weight is 552 g/mol. The number of carboxylic acids is 1. The van der Waals surface area contributed by atoms with Gasteiger partial charge in [0.25, 0.3) is 5.91 Å². The molecule has 0 spiro atoms. The number of carbonyl (C=O) groups is 2. The molecule has 0 radical (unpaired) electrons. The van der Waals surface area contributed by atoms with Crippen LogP contribution in [0.15, 0.2) is 60.7 Å². The van der Waals surface area contributed by atoms with Crippen LogP contribution in [0, 0.1) is 11.6 Å². The van der Waals surface area contributed by atoms with Gasteiger partial charge >= 0.3 is 11.9 Å². The maximum absolute atomic E-state index is 13.7. The number of carboxylic acid groups (broad SMARTS) is 1. The largest absolute Gasteiger partial charge is 0.477 e. The summed E-state index contributed by atoms with van der Waals surface area (Å²) in [5.74, 6) is -7.20. The molecule has 0 saturated carbocycles. The average Bonchev–Trinajstić information content (AvgIpc) is 2.92. The molecule has 0 bridgehead atoms. The normalized spacial score (nSPS) is 15.1. The van der Waals surface area contributed by atoms with E-state index in [-0.39, 0.29) is 30.6 Å². The molecule has 40 heavy (non-hydrogen) atoms. The number of nitrogens with one attached hydrogen (secondary N) is 1. The van der Waals surface area contributed by atoms with E-state index >= 15 is 0 Å². The van der Waals surface area contributed by atoms with Crippen LogP contribution in [0.2, 0.25) is 0 Å². The van der Waals surface area contributed by atoms with Crippen molar-refractivity contribution in [2.24, 2.45) is 0 Å². The zero-order chi connectivity index (χ0) is 28.4. The Bertz CT molecular complexity index is 1590. The molecule has 1 aliphatic rings. The highest BCUT2D eigenvalue weighted by molar-refractivity contribution is 5.97. The van der Waals surface area contributed by atoms with E-state index in [0.29, 0.717) is 40.0 Å².